The summed E-state index contributed by atoms with van der Waals surface area (Å²) in [6, 6.07) is 14.6. The second-order valence-electron chi connectivity index (χ2n) is 7.28. The summed E-state index contributed by atoms with van der Waals surface area (Å²) in [6.45, 7) is 6.28. The average Bonchev–Trinajstić information content (AvgIpc) is 3.13. The lowest BCUT2D eigenvalue weighted by atomic mass is 10.0. The van der Waals surface area contributed by atoms with Gasteiger partial charge in [0, 0.05) is 35.1 Å². The Morgan fingerprint density at radius 1 is 1.03 bits per heavy atom. The number of ketones is 1. The Morgan fingerprint density at radius 2 is 1.81 bits per heavy atom. The molecule has 0 fully saturated rings. The van der Waals surface area contributed by atoms with Crippen molar-refractivity contribution >= 4 is 28.7 Å². The Kier molecular flexibility index (Phi) is 5.49. The molecule has 0 aliphatic carbocycles. The van der Waals surface area contributed by atoms with Crippen molar-refractivity contribution in [1.82, 2.24) is 19.9 Å². The van der Waals surface area contributed by atoms with Crippen LogP contribution >= 0.6 is 0 Å². The fourth-order valence-corrected chi connectivity index (χ4v) is 3.51. The van der Waals surface area contributed by atoms with Crippen LogP contribution in [0.1, 0.15) is 44.3 Å². The third kappa shape index (κ3) is 3.90. The molecule has 0 aliphatic rings. The van der Waals surface area contributed by atoms with Crippen molar-refractivity contribution in [3.63, 3.8) is 0 Å². The minimum atomic E-state index is -0.131. The van der Waals surface area contributed by atoms with E-state index in [9.17, 15) is 9.59 Å². The zero-order chi connectivity index (χ0) is 22.0. The molecule has 0 unspecified atom stereocenters. The number of carbonyl (C=O) groups excluding carboxylic acids is 2. The van der Waals surface area contributed by atoms with Crippen LogP contribution in [0.4, 0.5) is 11.5 Å². The van der Waals surface area contributed by atoms with Gasteiger partial charge < -0.3 is 10.6 Å². The van der Waals surface area contributed by atoms with E-state index < -0.39 is 0 Å². The molecule has 2 heterocycles. The zero-order valence-corrected chi connectivity index (χ0v) is 17.6. The lowest BCUT2D eigenvalue weighted by Crippen LogP contribution is -2.22. The van der Waals surface area contributed by atoms with E-state index in [1.807, 2.05) is 45.0 Å². The molecule has 4 rings (SSSR count). The van der Waals surface area contributed by atoms with Crippen LogP contribution in [0.2, 0.25) is 0 Å². The number of fused-ring (bicyclic) bond motifs is 1. The molecule has 0 atom stereocenters. The Balaban J connectivity index is 1.75. The molecule has 2 aromatic carbocycles. The van der Waals surface area contributed by atoms with Gasteiger partial charge in [0.05, 0.1) is 0 Å². The predicted octanol–water partition coefficient (Wildman–Crippen LogP) is 4.07. The number of aryl methyl sites for hydroxylation is 2. The molecule has 31 heavy (non-hydrogen) atoms. The number of carbonyl (C=O) groups is 2. The molecular weight excluding hydrogens is 390 g/mol. The molecule has 7 nitrogen and oxygen atoms in total. The molecule has 0 saturated carbocycles. The van der Waals surface area contributed by atoms with Gasteiger partial charge in [0.1, 0.15) is 11.8 Å². The van der Waals surface area contributed by atoms with Gasteiger partial charge in [-0.2, -0.15) is 5.10 Å². The van der Waals surface area contributed by atoms with E-state index in [1.165, 1.54) is 6.33 Å². The van der Waals surface area contributed by atoms with Crippen molar-refractivity contribution in [2.45, 2.75) is 20.8 Å². The number of hydrogen-bond donors (Lipinski definition) is 2. The number of benzene rings is 2. The van der Waals surface area contributed by atoms with Crippen molar-refractivity contribution < 1.29 is 9.59 Å². The lowest BCUT2D eigenvalue weighted by Gasteiger charge is -2.12. The van der Waals surface area contributed by atoms with E-state index >= 15 is 0 Å². The molecule has 0 spiro atoms. The number of amides is 1. The number of rotatable bonds is 6. The van der Waals surface area contributed by atoms with Crippen molar-refractivity contribution in [3.05, 3.63) is 88.9 Å². The van der Waals surface area contributed by atoms with Gasteiger partial charge in [0.2, 0.25) is 0 Å². The SMILES string of the molecule is CCNC(=O)c1ccc(C)c(Nc2ncnn3cc(C(=O)c4ccccc4)c(C)c23)c1. The topological polar surface area (TPSA) is 88.4 Å². The molecule has 0 saturated heterocycles. The van der Waals surface area contributed by atoms with E-state index in [-0.39, 0.29) is 11.7 Å². The summed E-state index contributed by atoms with van der Waals surface area (Å²) in [5, 5.41) is 10.4. The van der Waals surface area contributed by atoms with Crippen LogP contribution in [-0.4, -0.2) is 32.8 Å². The summed E-state index contributed by atoms with van der Waals surface area (Å²) in [6.07, 6.45) is 3.17. The van der Waals surface area contributed by atoms with Crippen molar-refractivity contribution in [2.24, 2.45) is 0 Å². The fraction of sp³-hybridized carbons (Fsp3) is 0.167. The first-order chi connectivity index (χ1) is 15.0. The first kappa shape index (κ1) is 20.3. The first-order valence-electron chi connectivity index (χ1n) is 10.1. The third-order valence-electron chi connectivity index (χ3n) is 5.20. The predicted molar refractivity (Wildman–Crippen MR) is 120 cm³/mol. The van der Waals surface area contributed by atoms with Gasteiger partial charge in [-0.25, -0.2) is 9.50 Å². The number of nitrogens with zero attached hydrogens (tertiary/aromatic N) is 3. The quantitative estimate of drug-likeness (QED) is 0.465. The number of anilines is 2. The van der Waals surface area contributed by atoms with Gasteiger partial charge in [-0.05, 0) is 44.0 Å². The van der Waals surface area contributed by atoms with Crippen LogP contribution in [0.25, 0.3) is 5.52 Å². The Morgan fingerprint density at radius 3 is 2.55 bits per heavy atom. The van der Waals surface area contributed by atoms with Crippen molar-refractivity contribution in [1.29, 1.82) is 0 Å². The van der Waals surface area contributed by atoms with Crippen LogP contribution in [-0.2, 0) is 0 Å². The van der Waals surface area contributed by atoms with Crippen LogP contribution in [0.15, 0.2) is 61.1 Å². The fourth-order valence-electron chi connectivity index (χ4n) is 3.51. The Labute approximate surface area is 180 Å². The maximum absolute atomic E-state index is 13.0. The summed E-state index contributed by atoms with van der Waals surface area (Å²) in [7, 11) is 0. The van der Waals surface area contributed by atoms with Gasteiger partial charge >= 0.3 is 0 Å². The van der Waals surface area contributed by atoms with E-state index in [1.54, 1.807) is 35.0 Å². The molecule has 2 aromatic heterocycles. The van der Waals surface area contributed by atoms with Crippen molar-refractivity contribution in [3.8, 4) is 0 Å². The van der Waals surface area contributed by atoms with Crippen LogP contribution in [0, 0.1) is 13.8 Å². The van der Waals surface area contributed by atoms with Gasteiger partial charge in [-0.3, -0.25) is 9.59 Å². The standard InChI is InChI=1S/C24H23N5O2/c1-4-25-24(31)18-11-10-15(2)20(12-18)28-23-21-16(3)19(13-29(21)27-14-26-23)22(30)17-8-6-5-7-9-17/h5-14H,4H2,1-3H3,(H,25,31)(H,26,27,28). The second-order valence-corrected chi connectivity index (χ2v) is 7.28. The molecule has 1 amide bonds. The maximum atomic E-state index is 13.0. The number of hydrogen-bond acceptors (Lipinski definition) is 5. The second kappa shape index (κ2) is 8.39. The van der Waals surface area contributed by atoms with Crippen molar-refractivity contribution in [2.75, 3.05) is 11.9 Å². The largest absolute Gasteiger partial charge is 0.352 e. The molecule has 2 N–H and O–H groups in total. The Bertz CT molecular complexity index is 1280. The minimum absolute atomic E-state index is 0.0658. The molecule has 0 radical (unpaired) electrons. The van der Waals surface area contributed by atoms with Gasteiger partial charge in [-0.15, -0.1) is 0 Å². The Hall–Kier alpha value is -4.00. The molecular formula is C24H23N5O2. The van der Waals surface area contributed by atoms with Crippen LogP contribution < -0.4 is 10.6 Å². The zero-order valence-electron chi connectivity index (χ0n) is 17.6. The summed E-state index contributed by atoms with van der Waals surface area (Å²) in [5.74, 6) is 0.368. The maximum Gasteiger partial charge on any atom is 0.251 e. The average molecular weight is 413 g/mol. The van der Waals surface area contributed by atoms with Gasteiger partial charge in [-0.1, -0.05) is 36.4 Å². The van der Waals surface area contributed by atoms with E-state index in [0.29, 0.717) is 34.6 Å². The molecule has 4 aromatic rings. The summed E-state index contributed by atoms with van der Waals surface area (Å²) in [4.78, 5) is 29.7. The van der Waals surface area contributed by atoms with Gasteiger partial charge in [0.15, 0.2) is 11.6 Å². The minimum Gasteiger partial charge on any atom is -0.352 e. The lowest BCUT2D eigenvalue weighted by molar-refractivity contribution is 0.0955. The summed E-state index contributed by atoms with van der Waals surface area (Å²) < 4.78 is 1.66. The van der Waals surface area contributed by atoms with E-state index in [0.717, 1.165) is 16.8 Å². The molecule has 0 bridgehead atoms. The highest BCUT2D eigenvalue weighted by atomic mass is 16.1. The monoisotopic (exact) mass is 413 g/mol. The molecule has 7 heteroatoms. The summed E-state index contributed by atoms with van der Waals surface area (Å²) in [5.41, 5.74) is 4.98. The van der Waals surface area contributed by atoms with Crippen LogP contribution in [0.3, 0.4) is 0 Å². The highest BCUT2D eigenvalue weighted by Gasteiger charge is 2.19. The highest BCUT2D eigenvalue weighted by molar-refractivity contribution is 6.11. The van der Waals surface area contributed by atoms with E-state index in [4.69, 9.17) is 0 Å². The number of aromatic nitrogens is 3. The molecule has 156 valence electrons. The van der Waals surface area contributed by atoms with Crippen LogP contribution in [0.5, 0.6) is 0 Å². The molecule has 0 aliphatic heterocycles. The number of nitrogens with one attached hydrogen (secondary N) is 2. The highest BCUT2D eigenvalue weighted by Crippen LogP contribution is 2.28. The normalized spacial score (nSPS) is 10.8. The smallest absolute Gasteiger partial charge is 0.251 e. The summed E-state index contributed by atoms with van der Waals surface area (Å²) >= 11 is 0. The van der Waals surface area contributed by atoms with E-state index in [2.05, 4.69) is 20.7 Å². The third-order valence-corrected chi connectivity index (χ3v) is 5.20. The van der Waals surface area contributed by atoms with Gasteiger partial charge in [0.25, 0.3) is 5.91 Å². The first-order valence-corrected chi connectivity index (χ1v) is 10.1.